The standard InChI is InChI=1S/C21H24N4O5S/c1-13-19-16(21(26)22-11-15-4-2-7-29-15)10-17(18-5-3-8-30-18)23-20(19)25(24-13)14-6-9-31(27,28)12-14/h3,5,8,10,14-15H,2,4,6-7,9,11-12H2,1H3,(H,22,26)/t14-,15-/m1/s1. The van der Waals surface area contributed by atoms with E-state index in [1.165, 1.54) is 0 Å². The Morgan fingerprint density at radius 1 is 1.35 bits per heavy atom. The number of aryl methyl sites for hydroxylation is 1. The number of amides is 1. The van der Waals surface area contributed by atoms with Crippen molar-refractivity contribution in [3.8, 4) is 11.5 Å². The first-order chi connectivity index (χ1) is 14.9. The molecule has 10 heteroatoms. The van der Waals surface area contributed by atoms with E-state index in [-0.39, 0.29) is 29.6 Å². The van der Waals surface area contributed by atoms with Gasteiger partial charge in [-0.1, -0.05) is 0 Å². The number of pyridine rings is 1. The summed E-state index contributed by atoms with van der Waals surface area (Å²) in [5.74, 6) is 0.443. The van der Waals surface area contributed by atoms with E-state index in [0.29, 0.717) is 46.7 Å². The predicted molar refractivity (Wildman–Crippen MR) is 114 cm³/mol. The lowest BCUT2D eigenvalue weighted by atomic mass is 10.1. The summed E-state index contributed by atoms with van der Waals surface area (Å²) < 4.78 is 36.9. The van der Waals surface area contributed by atoms with E-state index < -0.39 is 9.84 Å². The van der Waals surface area contributed by atoms with Crippen LogP contribution in [0.15, 0.2) is 28.9 Å². The predicted octanol–water partition coefficient (Wildman–Crippen LogP) is 2.27. The van der Waals surface area contributed by atoms with Crippen LogP contribution in [0.3, 0.4) is 0 Å². The van der Waals surface area contributed by atoms with Crippen LogP contribution < -0.4 is 5.32 Å². The fraction of sp³-hybridized carbons (Fsp3) is 0.476. The lowest BCUT2D eigenvalue weighted by molar-refractivity contribution is 0.0859. The van der Waals surface area contributed by atoms with Gasteiger partial charge in [0.2, 0.25) is 0 Å². The zero-order valence-corrected chi connectivity index (χ0v) is 18.0. The number of fused-ring (bicyclic) bond motifs is 1. The quantitative estimate of drug-likeness (QED) is 0.642. The molecule has 2 saturated heterocycles. The third-order valence-electron chi connectivity index (χ3n) is 5.92. The normalized spacial score (nSPS) is 22.9. The van der Waals surface area contributed by atoms with Crippen LogP contribution in [0.1, 0.15) is 41.4 Å². The minimum absolute atomic E-state index is 0.0242. The molecule has 9 nitrogen and oxygen atoms in total. The number of furan rings is 1. The monoisotopic (exact) mass is 444 g/mol. The van der Waals surface area contributed by atoms with E-state index >= 15 is 0 Å². The summed E-state index contributed by atoms with van der Waals surface area (Å²) in [4.78, 5) is 17.9. The van der Waals surface area contributed by atoms with Crippen LogP contribution in [0.5, 0.6) is 0 Å². The Morgan fingerprint density at radius 3 is 2.90 bits per heavy atom. The highest BCUT2D eigenvalue weighted by Crippen LogP contribution is 2.32. The molecule has 31 heavy (non-hydrogen) atoms. The van der Waals surface area contributed by atoms with Gasteiger partial charge in [0.1, 0.15) is 5.69 Å². The molecule has 0 saturated carbocycles. The first-order valence-corrected chi connectivity index (χ1v) is 12.3. The Morgan fingerprint density at radius 2 is 2.23 bits per heavy atom. The number of nitrogens with zero attached hydrogens (tertiary/aromatic N) is 3. The zero-order chi connectivity index (χ0) is 21.6. The van der Waals surface area contributed by atoms with Crippen LogP contribution in [0.25, 0.3) is 22.5 Å². The summed E-state index contributed by atoms with van der Waals surface area (Å²) in [6.45, 7) is 2.97. The minimum atomic E-state index is -3.10. The number of ether oxygens (including phenoxy) is 1. The number of carbonyl (C=O) groups is 1. The lowest BCUT2D eigenvalue weighted by Gasteiger charge is -2.13. The molecule has 3 aromatic heterocycles. The molecule has 5 heterocycles. The molecular formula is C21H24N4O5S. The molecule has 0 radical (unpaired) electrons. The van der Waals surface area contributed by atoms with Crippen molar-refractivity contribution < 1.29 is 22.4 Å². The van der Waals surface area contributed by atoms with Crippen molar-refractivity contribution in [1.29, 1.82) is 0 Å². The second-order valence-corrected chi connectivity index (χ2v) is 10.4. The SMILES string of the molecule is Cc1nn([C@@H]2CCS(=O)(=O)C2)c2nc(-c3ccco3)cc(C(=O)NC[C@H]3CCCO3)c12. The van der Waals surface area contributed by atoms with Gasteiger partial charge in [0, 0.05) is 13.2 Å². The summed E-state index contributed by atoms with van der Waals surface area (Å²) in [6, 6.07) is 4.93. The highest BCUT2D eigenvalue weighted by atomic mass is 32.2. The highest BCUT2D eigenvalue weighted by molar-refractivity contribution is 7.91. The number of carbonyl (C=O) groups excluding carboxylic acids is 1. The molecule has 2 atom stereocenters. The highest BCUT2D eigenvalue weighted by Gasteiger charge is 2.32. The molecule has 0 bridgehead atoms. The van der Waals surface area contributed by atoms with Crippen LogP contribution in [0.2, 0.25) is 0 Å². The van der Waals surface area contributed by atoms with Gasteiger partial charge in [0.25, 0.3) is 5.91 Å². The number of sulfone groups is 1. The molecular weight excluding hydrogens is 420 g/mol. The fourth-order valence-electron chi connectivity index (χ4n) is 4.37. The van der Waals surface area contributed by atoms with Crippen molar-refractivity contribution in [1.82, 2.24) is 20.1 Å². The molecule has 2 aliphatic rings. The Kier molecular flexibility index (Phi) is 5.05. The maximum absolute atomic E-state index is 13.2. The molecule has 1 N–H and O–H groups in total. The lowest BCUT2D eigenvalue weighted by Crippen LogP contribution is -2.32. The number of nitrogens with one attached hydrogen (secondary N) is 1. The van der Waals surface area contributed by atoms with Crippen LogP contribution in [-0.2, 0) is 14.6 Å². The van der Waals surface area contributed by atoms with Crippen molar-refractivity contribution in [2.75, 3.05) is 24.7 Å². The average molecular weight is 445 g/mol. The van der Waals surface area contributed by atoms with Crippen LogP contribution in [0, 0.1) is 6.92 Å². The molecule has 164 valence electrons. The van der Waals surface area contributed by atoms with Gasteiger partial charge in [0.05, 0.1) is 46.6 Å². The molecule has 2 fully saturated rings. The second-order valence-electron chi connectivity index (χ2n) is 8.16. The van der Waals surface area contributed by atoms with Gasteiger partial charge >= 0.3 is 0 Å². The van der Waals surface area contributed by atoms with Crippen LogP contribution >= 0.6 is 0 Å². The van der Waals surface area contributed by atoms with Gasteiger partial charge in [-0.15, -0.1) is 0 Å². The van der Waals surface area contributed by atoms with Gasteiger partial charge in [-0.2, -0.15) is 5.10 Å². The molecule has 0 spiro atoms. The van der Waals surface area contributed by atoms with Crippen LogP contribution in [-0.4, -0.2) is 59.9 Å². The maximum Gasteiger partial charge on any atom is 0.252 e. The van der Waals surface area contributed by atoms with E-state index in [0.717, 1.165) is 19.4 Å². The van der Waals surface area contributed by atoms with Gasteiger partial charge in [-0.25, -0.2) is 18.1 Å². The summed E-state index contributed by atoms with van der Waals surface area (Å²) >= 11 is 0. The van der Waals surface area contributed by atoms with E-state index in [4.69, 9.17) is 14.1 Å². The van der Waals surface area contributed by atoms with Gasteiger partial charge in [0.15, 0.2) is 21.2 Å². The molecule has 0 aliphatic carbocycles. The van der Waals surface area contributed by atoms with E-state index in [1.807, 2.05) is 6.92 Å². The number of rotatable bonds is 5. The molecule has 3 aromatic rings. The van der Waals surface area contributed by atoms with Crippen LogP contribution in [0.4, 0.5) is 0 Å². The Balaban J connectivity index is 1.59. The first kappa shape index (κ1) is 20.2. The molecule has 0 aromatic carbocycles. The molecule has 1 amide bonds. The largest absolute Gasteiger partial charge is 0.463 e. The smallest absolute Gasteiger partial charge is 0.252 e. The second kappa shape index (κ2) is 7.76. The van der Waals surface area contributed by atoms with Gasteiger partial charge < -0.3 is 14.5 Å². The number of hydrogen-bond donors (Lipinski definition) is 1. The Labute approximate surface area is 179 Å². The average Bonchev–Trinajstić information content (AvgIpc) is 3.53. The minimum Gasteiger partial charge on any atom is -0.463 e. The van der Waals surface area contributed by atoms with E-state index in [2.05, 4.69) is 10.4 Å². The van der Waals surface area contributed by atoms with E-state index in [9.17, 15) is 13.2 Å². The summed E-state index contributed by atoms with van der Waals surface area (Å²) in [5, 5.41) is 8.19. The summed E-state index contributed by atoms with van der Waals surface area (Å²) in [7, 11) is -3.10. The van der Waals surface area contributed by atoms with E-state index in [1.54, 1.807) is 29.1 Å². The molecule has 0 unspecified atom stereocenters. The van der Waals surface area contributed by atoms with Crippen molar-refractivity contribution in [3.63, 3.8) is 0 Å². The van der Waals surface area contributed by atoms with Crippen molar-refractivity contribution in [2.45, 2.75) is 38.3 Å². The number of aromatic nitrogens is 3. The maximum atomic E-state index is 13.2. The third kappa shape index (κ3) is 3.85. The Bertz CT molecular complexity index is 1230. The summed E-state index contributed by atoms with van der Waals surface area (Å²) in [6.07, 6.45) is 3.98. The van der Waals surface area contributed by atoms with Crippen molar-refractivity contribution in [2.24, 2.45) is 0 Å². The number of hydrogen-bond acceptors (Lipinski definition) is 7. The fourth-order valence-corrected chi connectivity index (χ4v) is 6.06. The zero-order valence-electron chi connectivity index (χ0n) is 17.2. The van der Waals surface area contributed by atoms with Gasteiger partial charge in [-0.3, -0.25) is 4.79 Å². The molecule has 5 rings (SSSR count). The first-order valence-electron chi connectivity index (χ1n) is 10.5. The topological polar surface area (TPSA) is 116 Å². The third-order valence-corrected chi connectivity index (χ3v) is 7.67. The van der Waals surface area contributed by atoms with Crippen molar-refractivity contribution in [3.05, 3.63) is 35.7 Å². The molecule has 2 aliphatic heterocycles. The van der Waals surface area contributed by atoms with Crippen molar-refractivity contribution >= 4 is 26.8 Å². The Hall–Kier alpha value is -2.72. The van der Waals surface area contributed by atoms with Gasteiger partial charge in [-0.05, 0) is 44.4 Å². The summed E-state index contributed by atoms with van der Waals surface area (Å²) in [5.41, 5.74) is 2.08.